The number of fused-ring (bicyclic) bond motifs is 2. The zero-order chi connectivity index (χ0) is 20.7. The minimum atomic E-state index is -0.293. The van der Waals surface area contributed by atoms with E-state index in [0.29, 0.717) is 23.4 Å². The van der Waals surface area contributed by atoms with Crippen LogP contribution < -0.4 is 10.2 Å². The van der Waals surface area contributed by atoms with Crippen LogP contribution in [0.15, 0.2) is 72.8 Å². The molecule has 3 aromatic carbocycles. The van der Waals surface area contributed by atoms with Gasteiger partial charge in [-0.2, -0.15) is 0 Å². The minimum Gasteiger partial charge on any atom is -0.308 e. The molecule has 148 valence electrons. The second-order valence-electron chi connectivity index (χ2n) is 7.40. The van der Waals surface area contributed by atoms with Gasteiger partial charge in [0.15, 0.2) is 0 Å². The van der Waals surface area contributed by atoms with E-state index in [-0.39, 0.29) is 24.4 Å². The molecule has 0 bridgehead atoms. The fourth-order valence-electron chi connectivity index (χ4n) is 4.05. The molecule has 0 saturated carbocycles. The summed E-state index contributed by atoms with van der Waals surface area (Å²) in [6, 6.07) is 21.8. The van der Waals surface area contributed by atoms with Gasteiger partial charge in [0.1, 0.15) is 0 Å². The number of benzene rings is 3. The number of hydrogen-bond acceptors (Lipinski definition) is 3. The number of carbonyl (C=O) groups is 3. The van der Waals surface area contributed by atoms with E-state index in [0.717, 1.165) is 23.2 Å². The number of nitrogens with one attached hydrogen (secondary N) is 1. The average molecular weight is 397 g/mol. The van der Waals surface area contributed by atoms with Gasteiger partial charge < -0.3 is 5.32 Å². The summed E-state index contributed by atoms with van der Waals surface area (Å²) in [5.41, 5.74) is 4.34. The van der Waals surface area contributed by atoms with Crippen LogP contribution in [0.1, 0.15) is 31.8 Å². The van der Waals surface area contributed by atoms with Crippen LogP contribution in [0.2, 0.25) is 0 Å². The minimum absolute atomic E-state index is 0.155. The zero-order valence-corrected chi connectivity index (χ0v) is 16.2. The van der Waals surface area contributed by atoms with Crippen molar-refractivity contribution < 1.29 is 14.4 Å². The van der Waals surface area contributed by atoms with Crippen molar-refractivity contribution in [3.63, 3.8) is 0 Å². The molecule has 6 nitrogen and oxygen atoms in total. The van der Waals surface area contributed by atoms with E-state index in [1.807, 2.05) is 30.3 Å². The molecule has 6 heteroatoms. The second kappa shape index (κ2) is 7.15. The normalized spacial score (nSPS) is 14.7. The number of anilines is 2. The van der Waals surface area contributed by atoms with Gasteiger partial charge in [0.2, 0.25) is 0 Å². The summed E-state index contributed by atoms with van der Waals surface area (Å²) in [7, 11) is 0. The van der Waals surface area contributed by atoms with Crippen LogP contribution in [0.25, 0.3) is 0 Å². The van der Waals surface area contributed by atoms with Crippen LogP contribution in [0.3, 0.4) is 0 Å². The van der Waals surface area contributed by atoms with E-state index < -0.39 is 0 Å². The van der Waals surface area contributed by atoms with E-state index in [9.17, 15) is 14.4 Å². The average Bonchev–Trinajstić information content (AvgIpc) is 3.30. The first kappa shape index (κ1) is 18.1. The molecule has 2 aliphatic rings. The van der Waals surface area contributed by atoms with E-state index in [1.165, 1.54) is 4.90 Å². The van der Waals surface area contributed by atoms with Gasteiger partial charge in [-0.15, -0.1) is 0 Å². The Morgan fingerprint density at radius 2 is 1.57 bits per heavy atom. The maximum absolute atomic E-state index is 12.8. The van der Waals surface area contributed by atoms with Crippen LogP contribution in [-0.4, -0.2) is 29.3 Å². The van der Waals surface area contributed by atoms with Crippen molar-refractivity contribution in [1.82, 2.24) is 4.90 Å². The zero-order valence-electron chi connectivity index (χ0n) is 16.2. The summed E-state index contributed by atoms with van der Waals surface area (Å²) in [6.45, 7) is 0.794. The van der Waals surface area contributed by atoms with Crippen LogP contribution in [0.4, 0.5) is 16.2 Å². The predicted octanol–water partition coefficient (Wildman–Crippen LogP) is 4.08. The van der Waals surface area contributed by atoms with Gasteiger partial charge in [0.05, 0.1) is 17.7 Å². The smallest absolute Gasteiger partial charge is 0.308 e. The molecule has 30 heavy (non-hydrogen) atoms. The molecule has 0 aromatic heterocycles. The molecule has 2 heterocycles. The molecule has 0 radical (unpaired) electrons. The summed E-state index contributed by atoms with van der Waals surface area (Å²) in [6.07, 6.45) is 0.837. The van der Waals surface area contributed by atoms with E-state index in [1.54, 1.807) is 47.4 Å². The Morgan fingerprint density at radius 3 is 2.33 bits per heavy atom. The molecule has 0 atom stereocenters. The highest BCUT2D eigenvalue weighted by Crippen LogP contribution is 2.28. The summed E-state index contributed by atoms with van der Waals surface area (Å²) in [5.74, 6) is -0.586. The number of amides is 4. The molecular formula is C24H19N3O3. The standard InChI is InChI=1S/C24H19N3O3/c28-22-19-9-2-3-10-20(19)23(29)27(22)15-16-6-5-8-18(14-16)25-24(30)26-13-12-17-7-1-4-11-21(17)26/h1-11,14H,12-13,15H2,(H,25,30). The van der Waals surface area contributed by atoms with Gasteiger partial charge in [-0.25, -0.2) is 4.79 Å². The van der Waals surface area contributed by atoms with Crippen molar-refractivity contribution in [2.75, 3.05) is 16.8 Å². The Bertz CT molecular complexity index is 1150. The maximum atomic E-state index is 12.8. The highest BCUT2D eigenvalue weighted by atomic mass is 16.2. The van der Waals surface area contributed by atoms with Crippen molar-refractivity contribution in [2.45, 2.75) is 13.0 Å². The Balaban J connectivity index is 1.32. The number of hydrogen-bond donors (Lipinski definition) is 1. The van der Waals surface area contributed by atoms with E-state index in [4.69, 9.17) is 0 Å². The third-order valence-electron chi connectivity index (χ3n) is 5.53. The lowest BCUT2D eigenvalue weighted by atomic mass is 10.1. The third-order valence-corrected chi connectivity index (χ3v) is 5.53. The van der Waals surface area contributed by atoms with E-state index in [2.05, 4.69) is 5.32 Å². The summed E-state index contributed by atoms with van der Waals surface area (Å²) in [4.78, 5) is 40.9. The number of para-hydroxylation sites is 1. The monoisotopic (exact) mass is 397 g/mol. The Morgan fingerprint density at radius 1 is 0.867 bits per heavy atom. The molecule has 1 N–H and O–H groups in total. The highest BCUT2D eigenvalue weighted by molar-refractivity contribution is 6.21. The quantitative estimate of drug-likeness (QED) is 0.677. The van der Waals surface area contributed by atoms with Crippen LogP contribution >= 0.6 is 0 Å². The van der Waals surface area contributed by atoms with Crippen molar-refractivity contribution in [3.05, 3.63) is 95.1 Å². The third kappa shape index (κ3) is 3.03. The Kier molecular flexibility index (Phi) is 4.32. The first-order valence-electron chi connectivity index (χ1n) is 9.82. The van der Waals surface area contributed by atoms with Crippen LogP contribution in [-0.2, 0) is 13.0 Å². The lowest BCUT2D eigenvalue weighted by molar-refractivity contribution is 0.0642. The second-order valence-corrected chi connectivity index (χ2v) is 7.40. The van der Waals surface area contributed by atoms with Crippen LogP contribution in [0, 0.1) is 0 Å². The number of imide groups is 1. The molecule has 0 spiro atoms. The number of rotatable bonds is 3. The molecule has 0 unspecified atom stereocenters. The largest absolute Gasteiger partial charge is 0.326 e. The van der Waals surface area contributed by atoms with Gasteiger partial charge in [0, 0.05) is 17.9 Å². The van der Waals surface area contributed by atoms with Gasteiger partial charge in [-0.1, -0.05) is 42.5 Å². The molecule has 0 aliphatic carbocycles. The topological polar surface area (TPSA) is 69.7 Å². The Hall–Kier alpha value is -3.93. The maximum Gasteiger partial charge on any atom is 0.326 e. The highest BCUT2D eigenvalue weighted by Gasteiger charge is 2.35. The molecule has 5 rings (SSSR count). The molecule has 0 saturated heterocycles. The number of nitrogens with zero attached hydrogens (tertiary/aromatic N) is 2. The molecule has 2 aliphatic heterocycles. The lowest BCUT2D eigenvalue weighted by Crippen LogP contribution is -2.33. The number of carbonyl (C=O) groups excluding carboxylic acids is 3. The lowest BCUT2D eigenvalue weighted by Gasteiger charge is -2.19. The SMILES string of the molecule is O=C1c2ccccc2C(=O)N1Cc1cccc(NC(=O)N2CCc3ccccc32)c1. The summed E-state index contributed by atoms with van der Waals surface area (Å²) >= 11 is 0. The van der Waals surface area contributed by atoms with Crippen molar-refractivity contribution in [2.24, 2.45) is 0 Å². The number of urea groups is 1. The van der Waals surface area contributed by atoms with E-state index >= 15 is 0 Å². The fraction of sp³-hybridized carbons (Fsp3) is 0.125. The fourth-order valence-corrected chi connectivity index (χ4v) is 4.05. The van der Waals surface area contributed by atoms with Crippen LogP contribution in [0.5, 0.6) is 0 Å². The van der Waals surface area contributed by atoms with Crippen molar-refractivity contribution in [3.8, 4) is 0 Å². The van der Waals surface area contributed by atoms with Crippen molar-refractivity contribution in [1.29, 1.82) is 0 Å². The molecule has 0 fully saturated rings. The molecule has 4 amide bonds. The van der Waals surface area contributed by atoms with Gasteiger partial charge in [-0.3, -0.25) is 19.4 Å². The predicted molar refractivity (Wildman–Crippen MR) is 114 cm³/mol. The van der Waals surface area contributed by atoms with Gasteiger partial charge in [-0.05, 0) is 47.9 Å². The van der Waals surface area contributed by atoms with Crippen molar-refractivity contribution >= 4 is 29.2 Å². The first-order chi connectivity index (χ1) is 14.6. The summed E-state index contributed by atoms with van der Waals surface area (Å²) < 4.78 is 0. The first-order valence-corrected chi connectivity index (χ1v) is 9.82. The Labute approximate surface area is 173 Å². The van der Waals surface area contributed by atoms with Gasteiger partial charge in [0.25, 0.3) is 11.8 Å². The van der Waals surface area contributed by atoms with Gasteiger partial charge >= 0.3 is 6.03 Å². The summed E-state index contributed by atoms with van der Waals surface area (Å²) in [5, 5.41) is 2.93. The molecule has 3 aromatic rings. The molecular weight excluding hydrogens is 378 g/mol.